The van der Waals surface area contributed by atoms with E-state index in [1.165, 1.54) is 0 Å². The van der Waals surface area contributed by atoms with E-state index < -0.39 is 5.60 Å². The Kier molecular flexibility index (Phi) is 11.2. The van der Waals surface area contributed by atoms with Crippen LogP contribution in [0.15, 0.2) is 4.99 Å². The molecule has 0 radical (unpaired) electrons. The van der Waals surface area contributed by atoms with Crippen LogP contribution in [0.25, 0.3) is 0 Å². The highest BCUT2D eigenvalue weighted by Crippen LogP contribution is 2.20. The number of halogens is 1. The van der Waals surface area contributed by atoms with Gasteiger partial charge in [-0.1, -0.05) is 6.92 Å². The van der Waals surface area contributed by atoms with Crippen molar-refractivity contribution in [3.63, 3.8) is 0 Å². The Labute approximate surface area is 200 Å². The standard InChI is InChI=1S/C22H43N5O2.HI/c1-8-23-20(25-19-15-27(16(2)3)13-17(19)4)24-12-18-10-9-11-26(14-18)21(28)29-22(5,6)7;/h16-19H,8-15H2,1-7H3,(H2,23,24,25);1H. The van der Waals surface area contributed by atoms with E-state index in [0.717, 1.165) is 58.1 Å². The third-order valence-corrected chi connectivity index (χ3v) is 5.72. The van der Waals surface area contributed by atoms with Crippen molar-refractivity contribution in [2.45, 2.75) is 79.0 Å². The molecule has 2 N–H and O–H groups in total. The topological polar surface area (TPSA) is 69.2 Å². The molecule has 0 spiro atoms. The van der Waals surface area contributed by atoms with Gasteiger partial charge in [0.15, 0.2) is 5.96 Å². The monoisotopic (exact) mass is 537 g/mol. The van der Waals surface area contributed by atoms with Crippen molar-refractivity contribution < 1.29 is 9.53 Å². The average molecular weight is 538 g/mol. The third-order valence-electron chi connectivity index (χ3n) is 5.72. The summed E-state index contributed by atoms with van der Waals surface area (Å²) in [6.45, 7) is 19.9. The lowest BCUT2D eigenvalue weighted by Crippen LogP contribution is -2.47. The van der Waals surface area contributed by atoms with E-state index in [1.54, 1.807) is 0 Å². The molecule has 2 heterocycles. The number of aliphatic imine (C=N–C) groups is 1. The van der Waals surface area contributed by atoms with Crippen molar-refractivity contribution in [3.8, 4) is 0 Å². The van der Waals surface area contributed by atoms with Gasteiger partial charge in [0, 0.05) is 51.4 Å². The number of nitrogens with zero attached hydrogens (tertiary/aromatic N) is 3. The van der Waals surface area contributed by atoms with E-state index in [4.69, 9.17) is 9.73 Å². The van der Waals surface area contributed by atoms with Crippen LogP contribution in [0.2, 0.25) is 0 Å². The van der Waals surface area contributed by atoms with Crippen molar-refractivity contribution in [1.82, 2.24) is 20.4 Å². The van der Waals surface area contributed by atoms with Crippen molar-refractivity contribution >= 4 is 36.0 Å². The number of carbonyl (C=O) groups is 1. The minimum absolute atomic E-state index is 0. The maximum absolute atomic E-state index is 12.4. The number of piperidine rings is 1. The number of hydrogen-bond acceptors (Lipinski definition) is 4. The summed E-state index contributed by atoms with van der Waals surface area (Å²) in [4.78, 5) is 21.6. The summed E-state index contributed by atoms with van der Waals surface area (Å²) in [6, 6.07) is 0.990. The summed E-state index contributed by atoms with van der Waals surface area (Å²) >= 11 is 0. The maximum Gasteiger partial charge on any atom is 0.410 e. The average Bonchev–Trinajstić information content (AvgIpc) is 3.00. The van der Waals surface area contributed by atoms with E-state index in [2.05, 4.69) is 43.2 Å². The van der Waals surface area contributed by atoms with Gasteiger partial charge in [-0.3, -0.25) is 9.89 Å². The van der Waals surface area contributed by atoms with E-state index in [1.807, 2.05) is 25.7 Å². The molecule has 176 valence electrons. The molecular formula is C22H44IN5O2. The molecule has 0 aromatic rings. The summed E-state index contributed by atoms with van der Waals surface area (Å²) in [5.41, 5.74) is -0.452. The molecule has 0 bridgehead atoms. The molecule has 0 saturated carbocycles. The van der Waals surface area contributed by atoms with Crippen LogP contribution >= 0.6 is 24.0 Å². The Balaban J connectivity index is 0.00000450. The number of likely N-dealkylation sites (tertiary alicyclic amines) is 2. The van der Waals surface area contributed by atoms with Crippen molar-refractivity contribution in [2.24, 2.45) is 16.8 Å². The molecule has 2 rings (SSSR count). The van der Waals surface area contributed by atoms with Crippen molar-refractivity contribution in [2.75, 3.05) is 39.3 Å². The second-order valence-electron chi connectivity index (χ2n) is 9.93. The third kappa shape index (κ3) is 8.77. The molecule has 0 aliphatic carbocycles. The Morgan fingerprint density at radius 3 is 2.50 bits per heavy atom. The Hall–Kier alpha value is -0.770. The Morgan fingerprint density at radius 2 is 1.93 bits per heavy atom. The second-order valence-corrected chi connectivity index (χ2v) is 9.93. The second kappa shape index (κ2) is 12.3. The molecule has 2 aliphatic rings. The van der Waals surface area contributed by atoms with Crippen LogP contribution < -0.4 is 10.6 Å². The minimum Gasteiger partial charge on any atom is -0.444 e. The van der Waals surface area contributed by atoms with Gasteiger partial charge in [-0.05, 0) is 66.2 Å². The van der Waals surface area contributed by atoms with Gasteiger partial charge in [0.2, 0.25) is 0 Å². The number of ether oxygens (including phenoxy) is 1. The first-order valence-electron chi connectivity index (χ1n) is 11.4. The van der Waals surface area contributed by atoms with Crippen LogP contribution in [0.4, 0.5) is 4.79 Å². The minimum atomic E-state index is -0.452. The van der Waals surface area contributed by atoms with Crippen molar-refractivity contribution in [1.29, 1.82) is 0 Å². The number of carbonyl (C=O) groups excluding carboxylic acids is 1. The van der Waals surface area contributed by atoms with Crippen molar-refractivity contribution in [3.05, 3.63) is 0 Å². The van der Waals surface area contributed by atoms with Gasteiger partial charge in [0.05, 0.1) is 0 Å². The zero-order chi connectivity index (χ0) is 21.6. The molecule has 8 heteroatoms. The van der Waals surface area contributed by atoms with Gasteiger partial charge in [0.25, 0.3) is 0 Å². The largest absolute Gasteiger partial charge is 0.444 e. The van der Waals surface area contributed by atoms with Gasteiger partial charge in [0.1, 0.15) is 5.60 Å². The Bertz CT molecular complexity index is 564. The summed E-state index contributed by atoms with van der Waals surface area (Å²) in [6.07, 6.45) is 1.90. The SMILES string of the molecule is CCNC(=NCC1CCCN(C(=O)OC(C)(C)C)C1)NC1CN(C(C)C)CC1C.I. The molecule has 3 atom stereocenters. The highest BCUT2D eigenvalue weighted by Gasteiger charge is 2.32. The fraction of sp³-hybridized carbons (Fsp3) is 0.909. The zero-order valence-corrected chi connectivity index (χ0v) is 22.4. The zero-order valence-electron chi connectivity index (χ0n) is 20.0. The van der Waals surface area contributed by atoms with Crippen LogP contribution in [-0.4, -0.2) is 78.8 Å². The van der Waals surface area contributed by atoms with Gasteiger partial charge < -0.3 is 20.3 Å². The first-order chi connectivity index (χ1) is 13.6. The summed E-state index contributed by atoms with van der Waals surface area (Å²) < 4.78 is 5.54. The van der Waals surface area contributed by atoms with Crippen LogP contribution in [-0.2, 0) is 4.74 Å². The van der Waals surface area contributed by atoms with Gasteiger partial charge in [-0.2, -0.15) is 0 Å². The van der Waals surface area contributed by atoms with Gasteiger partial charge in [-0.25, -0.2) is 4.79 Å². The van der Waals surface area contributed by atoms with E-state index in [-0.39, 0.29) is 30.1 Å². The summed E-state index contributed by atoms with van der Waals surface area (Å²) in [5, 5.41) is 7.04. The van der Waals surface area contributed by atoms with Crippen LogP contribution in [0, 0.1) is 11.8 Å². The fourth-order valence-electron chi connectivity index (χ4n) is 4.04. The molecule has 3 unspecified atom stereocenters. The fourth-order valence-corrected chi connectivity index (χ4v) is 4.04. The predicted molar refractivity (Wildman–Crippen MR) is 135 cm³/mol. The molecule has 0 aromatic heterocycles. The molecular weight excluding hydrogens is 493 g/mol. The predicted octanol–water partition coefficient (Wildman–Crippen LogP) is 3.54. The first-order valence-corrected chi connectivity index (χ1v) is 11.4. The molecule has 2 fully saturated rings. The smallest absolute Gasteiger partial charge is 0.410 e. The maximum atomic E-state index is 12.4. The first kappa shape index (κ1) is 27.3. The van der Waals surface area contributed by atoms with Gasteiger partial charge >= 0.3 is 6.09 Å². The lowest BCUT2D eigenvalue weighted by atomic mass is 9.98. The van der Waals surface area contributed by atoms with Crippen LogP contribution in [0.3, 0.4) is 0 Å². The summed E-state index contributed by atoms with van der Waals surface area (Å²) in [7, 11) is 0. The van der Waals surface area contributed by atoms with Crippen LogP contribution in [0.5, 0.6) is 0 Å². The number of guanidine groups is 1. The molecule has 7 nitrogen and oxygen atoms in total. The molecule has 2 saturated heterocycles. The quantitative estimate of drug-likeness (QED) is 0.319. The summed E-state index contributed by atoms with van der Waals surface area (Å²) in [5.74, 6) is 1.86. The highest BCUT2D eigenvalue weighted by atomic mass is 127. The van der Waals surface area contributed by atoms with Crippen LogP contribution in [0.1, 0.15) is 61.3 Å². The number of rotatable bonds is 5. The lowest BCUT2D eigenvalue weighted by Gasteiger charge is -2.33. The van der Waals surface area contributed by atoms with E-state index >= 15 is 0 Å². The highest BCUT2D eigenvalue weighted by molar-refractivity contribution is 14.0. The molecule has 1 amide bonds. The van der Waals surface area contributed by atoms with Gasteiger partial charge in [-0.15, -0.1) is 24.0 Å². The van der Waals surface area contributed by atoms with E-state index in [9.17, 15) is 4.79 Å². The molecule has 0 aromatic carbocycles. The number of amides is 1. The van der Waals surface area contributed by atoms with E-state index in [0.29, 0.717) is 23.9 Å². The number of nitrogens with one attached hydrogen (secondary N) is 2. The molecule has 2 aliphatic heterocycles. The normalized spacial score (nSPS) is 25.8. The Morgan fingerprint density at radius 1 is 1.23 bits per heavy atom. The number of hydrogen-bond donors (Lipinski definition) is 2. The lowest BCUT2D eigenvalue weighted by molar-refractivity contribution is 0.0170. The molecule has 30 heavy (non-hydrogen) atoms.